The Morgan fingerprint density at radius 3 is 2.41 bits per heavy atom. The van der Waals surface area contributed by atoms with Crippen LogP contribution in [0.4, 0.5) is 5.69 Å². The van der Waals surface area contributed by atoms with Gasteiger partial charge in [0.2, 0.25) is 3.79 Å². The van der Waals surface area contributed by atoms with Crippen LogP contribution in [-0.2, 0) is 4.74 Å². The number of halogens is 4. The molecule has 0 aliphatic heterocycles. The number of anilines is 1. The van der Waals surface area contributed by atoms with E-state index in [0.717, 1.165) is 3.57 Å². The normalized spacial score (nSPS) is 11.9. The molecule has 11 heteroatoms. The highest BCUT2D eigenvalue weighted by atomic mass is 127. The number of carbonyl (C=O) groups is 2. The molecule has 154 valence electrons. The van der Waals surface area contributed by atoms with Gasteiger partial charge in [-0.1, -0.05) is 53.0 Å². The smallest absolute Gasteiger partial charge is 0.339 e. The van der Waals surface area contributed by atoms with Gasteiger partial charge < -0.3 is 20.7 Å². The molecule has 0 aliphatic rings. The number of rotatable bonds is 5. The lowest BCUT2D eigenvalue weighted by Crippen LogP contribution is -2.56. The summed E-state index contributed by atoms with van der Waals surface area (Å²) in [5.41, 5.74) is 1.06. The highest BCUT2D eigenvalue weighted by molar-refractivity contribution is 14.1. The van der Waals surface area contributed by atoms with E-state index in [1.807, 2.05) is 6.07 Å². The van der Waals surface area contributed by atoms with Crippen molar-refractivity contribution in [1.82, 2.24) is 10.6 Å². The lowest BCUT2D eigenvalue weighted by molar-refractivity contribution is 0.0601. The van der Waals surface area contributed by atoms with Crippen LogP contribution in [0.3, 0.4) is 0 Å². The number of esters is 1. The Bertz CT molecular complexity index is 924. The summed E-state index contributed by atoms with van der Waals surface area (Å²) >= 11 is 25.4. The van der Waals surface area contributed by atoms with Crippen LogP contribution in [0.25, 0.3) is 0 Å². The Morgan fingerprint density at radius 1 is 1.10 bits per heavy atom. The highest BCUT2D eigenvalue weighted by Gasteiger charge is 2.35. The van der Waals surface area contributed by atoms with E-state index in [1.165, 1.54) is 7.11 Å². The molecule has 0 fully saturated rings. The van der Waals surface area contributed by atoms with E-state index in [2.05, 4.69) is 38.5 Å². The van der Waals surface area contributed by atoms with Crippen LogP contribution < -0.4 is 16.0 Å². The molecule has 0 saturated heterocycles. The van der Waals surface area contributed by atoms with E-state index in [4.69, 9.17) is 51.8 Å². The lowest BCUT2D eigenvalue weighted by Gasteiger charge is -2.28. The minimum Gasteiger partial charge on any atom is -0.465 e. The first-order chi connectivity index (χ1) is 13.6. The molecule has 3 N–H and O–H groups in total. The van der Waals surface area contributed by atoms with Gasteiger partial charge in [-0.3, -0.25) is 4.79 Å². The third-order valence-corrected chi connectivity index (χ3v) is 5.09. The summed E-state index contributed by atoms with van der Waals surface area (Å²) in [4.78, 5) is 24.4. The van der Waals surface area contributed by atoms with Gasteiger partial charge >= 0.3 is 5.97 Å². The van der Waals surface area contributed by atoms with E-state index in [1.54, 1.807) is 42.5 Å². The Hall–Kier alpha value is -1.33. The molecule has 0 bridgehead atoms. The number of benzene rings is 2. The monoisotopic (exact) mass is 585 g/mol. The molecule has 0 heterocycles. The van der Waals surface area contributed by atoms with E-state index in [-0.39, 0.29) is 10.7 Å². The Kier molecular flexibility index (Phi) is 8.77. The van der Waals surface area contributed by atoms with Gasteiger partial charge in [-0.25, -0.2) is 4.79 Å². The second-order valence-electron chi connectivity index (χ2n) is 5.59. The third-order valence-electron chi connectivity index (χ3n) is 3.55. The first kappa shape index (κ1) is 23.9. The maximum Gasteiger partial charge on any atom is 0.339 e. The van der Waals surface area contributed by atoms with Crippen molar-refractivity contribution in [3.8, 4) is 0 Å². The van der Waals surface area contributed by atoms with Gasteiger partial charge in [-0.2, -0.15) is 0 Å². The molecule has 0 aliphatic carbocycles. The molecule has 2 rings (SSSR count). The van der Waals surface area contributed by atoms with Crippen molar-refractivity contribution in [2.45, 2.75) is 9.96 Å². The fourth-order valence-corrected chi connectivity index (χ4v) is 3.31. The van der Waals surface area contributed by atoms with Crippen LogP contribution in [0.2, 0.25) is 0 Å². The maximum atomic E-state index is 12.5. The average molecular weight is 587 g/mol. The largest absolute Gasteiger partial charge is 0.465 e. The molecule has 0 radical (unpaired) electrons. The minimum absolute atomic E-state index is 0.0284. The topological polar surface area (TPSA) is 79.5 Å². The first-order valence-corrected chi connectivity index (χ1v) is 10.6. The predicted octanol–water partition coefficient (Wildman–Crippen LogP) is 4.49. The molecular weight excluding hydrogens is 572 g/mol. The van der Waals surface area contributed by atoms with Crippen molar-refractivity contribution in [2.75, 3.05) is 12.4 Å². The number of para-hydroxylation sites is 1. The molecule has 2 aromatic rings. The van der Waals surface area contributed by atoms with Gasteiger partial charge in [0.15, 0.2) is 5.11 Å². The molecule has 0 saturated carbocycles. The zero-order chi connectivity index (χ0) is 21.6. The second kappa shape index (κ2) is 10.6. The van der Waals surface area contributed by atoms with E-state index in [9.17, 15) is 9.59 Å². The zero-order valence-corrected chi connectivity index (χ0v) is 20.1. The van der Waals surface area contributed by atoms with E-state index >= 15 is 0 Å². The summed E-state index contributed by atoms with van der Waals surface area (Å²) < 4.78 is 3.71. The Labute approximate surface area is 201 Å². The Morgan fingerprint density at radius 2 is 1.79 bits per heavy atom. The van der Waals surface area contributed by atoms with Crippen LogP contribution in [0, 0.1) is 3.57 Å². The SMILES string of the molecule is COC(=O)c1ccccc1NC(=S)N[C@@H](NC(=O)c1cccc(I)c1)C(Cl)(Cl)Cl. The highest BCUT2D eigenvalue weighted by Crippen LogP contribution is 2.29. The fourth-order valence-electron chi connectivity index (χ4n) is 2.21. The molecule has 1 atom stereocenters. The average Bonchev–Trinajstić information content (AvgIpc) is 2.66. The van der Waals surface area contributed by atoms with Crippen molar-refractivity contribution in [2.24, 2.45) is 0 Å². The summed E-state index contributed by atoms with van der Waals surface area (Å²) in [6.45, 7) is 0. The molecule has 2 aromatic carbocycles. The number of methoxy groups -OCH3 is 1. The van der Waals surface area contributed by atoms with Crippen molar-refractivity contribution in [3.05, 3.63) is 63.2 Å². The van der Waals surface area contributed by atoms with Gasteiger partial charge in [0, 0.05) is 9.13 Å². The summed E-state index contributed by atoms with van der Waals surface area (Å²) in [6, 6.07) is 13.5. The number of thiocarbonyl (C=S) groups is 1. The summed E-state index contributed by atoms with van der Waals surface area (Å²) in [5.74, 6) is -0.995. The van der Waals surface area contributed by atoms with Crippen molar-refractivity contribution >= 4 is 92.3 Å². The molecule has 29 heavy (non-hydrogen) atoms. The summed E-state index contributed by atoms with van der Waals surface area (Å²) in [7, 11) is 1.27. The second-order valence-corrected chi connectivity index (χ2v) is 9.62. The molecule has 0 unspecified atom stereocenters. The van der Waals surface area contributed by atoms with Gasteiger partial charge in [0.05, 0.1) is 18.4 Å². The van der Waals surface area contributed by atoms with Crippen molar-refractivity contribution in [3.63, 3.8) is 0 Å². The van der Waals surface area contributed by atoms with Crippen LogP contribution in [0.1, 0.15) is 20.7 Å². The Balaban J connectivity index is 2.14. The number of nitrogens with one attached hydrogen (secondary N) is 3. The fraction of sp³-hybridized carbons (Fsp3) is 0.167. The van der Waals surface area contributed by atoms with E-state index < -0.39 is 21.8 Å². The number of amides is 1. The van der Waals surface area contributed by atoms with Crippen molar-refractivity contribution in [1.29, 1.82) is 0 Å². The maximum absolute atomic E-state index is 12.5. The van der Waals surface area contributed by atoms with Crippen LogP contribution >= 0.6 is 69.6 Å². The summed E-state index contributed by atoms with van der Waals surface area (Å²) in [6.07, 6.45) is -1.15. The molecular formula is C18H15Cl3IN3O3S. The standard InChI is InChI=1S/C18H15Cl3IN3O3S/c1-28-15(27)12-7-2-3-8-13(12)23-17(29)25-16(18(19,20)21)24-14(26)10-5-4-6-11(22)9-10/h2-9,16H,1H3,(H,24,26)(H2,23,25,29)/t16-/m1/s1. The van der Waals surface area contributed by atoms with Crippen LogP contribution in [-0.4, -0.2) is 34.1 Å². The number of hydrogen-bond donors (Lipinski definition) is 3. The molecule has 1 amide bonds. The molecule has 0 aromatic heterocycles. The predicted molar refractivity (Wildman–Crippen MR) is 128 cm³/mol. The minimum atomic E-state index is -1.91. The lowest BCUT2D eigenvalue weighted by atomic mass is 10.2. The van der Waals surface area contributed by atoms with Gasteiger partial charge in [0.1, 0.15) is 6.17 Å². The number of alkyl halides is 3. The quantitative estimate of drug-likeness (QED) is 0.158. The van der Waals surface area contributed by atoms with Gasteiger partial charge in [-0.15, -0.1) is 0 Å². The van der Waals surface area contributed by atoms with Gasteiger partial charge in [0.25, 0.3) is 5.91 Å². The summed E-state index contributed by atoms with van der Waals surface area (Å²) in [5, 5.41) is 8.21. The third kappa shape index (κ3) is 7.14. The molecule has 6 nitrogen and oxygen atoms in total. The number of ether oxygens (including phenoxy) is 1. The number of carbonyl (C=O) groups excluding carboxylic acids is 2. The van der Waals surface area contributed by atoms with Crippen molar-refractivity contribution < 1.29 is 14.3 Å². The van der Waals surface area contributed by atoms with Crippen LogP contribution in [0.5, 0.6) is 0 Å². The van der Waals surface area contributed by atoms with Crippen LogP contribution in [0.15, 0.2) is 48.5 Å². The zero-order valence-electron chi connectivity index (χ0n) is 14.8. The first-order valence-electron chi connectivity index (χ1n) is 8.00. The van der Waals surface area contributed by atoms with Gasteiger partial charge in [-0.05, 0) is 65.1 Å². The number of hydrogen-bond acceptors (Lipinski definition) is 4. The molecule has 0 spiro atoms. The van der Waals surface area contributed by atoms with E-state index in [0.29, 0.717) is 11.3 Å².